The molecule has 2 rings (SSSR count). The van der Waals surface area contributed by atoms with E-state index < -0.39 is 17.8 Å². The molecule has 0 aliphatic carbocycles. The van der Waals surface area contributed by atoms with E-state index in [0.717, 1.165) is 13.4 Å². The van der Waals surface area contributed by atoms with E-state index in [1.807, 2.05) is 13.8 Å². The highest BCUT2D eigenvalue weighted by molar-refractivity contribution is 14.1. The Bertz CT molecular complexity index is 747. The van der Waals surface area contributed by atoms with Crippen LogP contribution in [0.3, 0.4) is 0 Å². The molecular weight excluding hydrogens is 439 g/mol. The minimum absolute atomic E-state index is 0.0265. The summed E-state index contributed by atoms with van der Waals surface area (Å²) in [4.78, 5) is 38.2. The maximum Gasteiger partial charge on any atom is 0.333 e. The molecule has 1 fully saturated rings. The first-order chi connectivity index (χ1) is 11.7. The van der Waals surface area contributed by atoms with E-state index in [9.17, 15) is 14.4 Å². The Morgan fingerprint density at radius 2 is 1.64 bits per heavy atom. The molecule has 0 saturated carbocycles. The van der Waals surface area contributed by atoms with Gasteiger partial charge in [0, 0.05) is 14.1 Å². The molecule has 1 aromatic rings. The normalized spacial score (nSPS) is 15.2. The molecule has 0 bridgehead atoms. The van der Waals surface area contributed by atoms with Crippen molar-refractivity contribution in [2.75, 3.05) is 21.2 Å². The van der Waals surface area contributed by atoms with Gasteiger partial charge in [-0.15, -0.1) is 0 Å². The van der Waals surface area contributed by atoms with E-state index in [1.54, 1.807) is 12.1 Å². The third-order valence-corrected chi connectivity index (χ3v) is 4.36. The van der Waals surface area contributed by atoms with E-state index >= 15 is 0 Å². The second-order valence-electron chi connectivity index (χ2n) is 5.77. The van der Waals surface area contributed by atoms with Crippen LogP contribution in [0, 0.1) is 3.57 Å². The van der Waals surface area contributed by atoms with Crippen molar-refractivity contribution >= 4 is 46.5 Å². The second kappa shape index (κ2) is 7.42. The Morgan fingerprint density at radius 3 is 2.12 bits per heavy atom. The van der Waals surface area contributed by atoms with Crippen LogP contribution in [0.2, 0.25) is 0 Å². The van der Waals surface area contributed by atoms with Gasteiger partial charge in [-0.2, -0.15) is 0 Å². The number of methoxy groups -OCH3 is 1. The quantitative estimate of drug-likeness (QED) is 0.394. The van der Waals surface area contributed by atoms with Crippen molar-refractivity contribution < 1.29 is 23.9 Å². The number of likely N-dealkylation sites (N-methyl/N-ethyl adjacent to an activating group) is 2. The van der Waals surface area contributed by atoms with Crippen LogP contribution in [0.1, 0.15) is 19.4 Å². The Hall–Kier alpha value is -2.10. The van der Waals surface area contributed by atoms with Crippen LogP contribution in [0.5, 0.6) is 11.5 Å². The summed E-state index contributed by atoms with van der Waals surface area (Å²) in [5.74, 6) is -0.166. The van der Waals surface area contributed by atoms with Crippen LogP contribution in [-0.2, 0) is 9.59 Å². The number of carbonyl (C=O) groups is 3. The lowest BCUT2D eigenvalue weighted by atomic mass is 10.1. The lowest BCUT2D eigenvalue weighted by Crippen LogP contribution is -2.52. The van der Waals surface area contributed by atoms with Gasteiger partial charge in [0.25, 0.3) is 11.8 Å². The predicted molar refractivity (Wildman–Crippen MR) is 100 cm³/mol. The third kappa shape index (κ3) is 3.78. The molecular formula is C17H19IN2O5. The van der Waals surface area contributed by atoms with Crippen LogP contribution >= 0.6 is 22.6 Å². The standard InChI is InChI=1S/C17H19IN2O5/c1-9(2)25-14-12(18)7-10(8-13(14)24-5)6-11-15(21)19(3)17(23)20(4)16(11)22/h6-9H,1-5H3. The zero-order valence-electron chi connectivity index (χ0n) is 14.6. The summed E-state index contributed by atoms with van der Waals surface area (Å²) in [7, 11) is 4.20. The van der Waals surface area contributed by atoms with E-state index in [0.29, 0.717) is 17.1 Å². The number of hydrogen-bond donors (Lipinski definition) is 0. The molecule has 1 aromatic carbocycles. The number of barbiturate groups is 1. The fraction of sp³-hybridized carbons (Fsp3) is 0.353. The molecule has 25 heavy (non-hydrogen) atoms. The number of amides is 4. The van der Waals surface area contributed by atoms with Gasteiger partial charge in [0.2, 0.25) is 0 Å². The van der Waals surface area contributed by atoms with Crippen molar-refractivity contribution in [2.45, 2.75) is 20.0 Å². The second-order valence-corrected chi connectivity index (χ2v) is 6.93. The van der Waals surface area contributed by atoms with Gasteiger partial charge in [0.05, 0.1) is 16.8 Å². The molecule has 7 nitrogen and oxygen atoms in total. The molecule has 1 saturated heterocycles. The van der Waals surface area contributed by atoms with E-state index in [1.165, 1.54) is 27.3 Å². The van der Waals surface area contributed by atoms with Gasteiger partial charge in [-0.05, 0) is 60.2 Å². The SMILES string of the molecule is COc1cc(C=C2C(=O)N(C)C(=O)N(C)C2=O)cc(I)c1OC(C)C. The van der Waals surface area contributed by atoms with Gasteiger partial charge < -0.3 is 9.47 Å². The number of ether oxygens (including phenoxy) is 2. The molecule has 8 heteroatoms. The van der Waals surface area contributed by atoms with Crippen molar-refractivity contribution in [3.63, 3.8) is 0 Å². The Morgan fingerprint density at radius 1 is 1.08 bits per heavy atom. The molecule has 0 radical (unpaired) electrons. The van der Waals surface area contributed by atoms with Gasteiger partial charge >= 0.3 is 6.03 Å². The molecule has 0 atom stereocenters. The highest BCUT2D eigenvalue weighted by Gasteiger charge is 2.37. The number of halogens is 1. The number of hydrogen-bond acceptors (Lipinski definition) is 5. The number of carbonyl (C=O) groups excluding carboxylic acids is 3. The molecule has 134 valence electrons. The largest absolute Gasteiger partial charge is 0.493 e. The van der Waals surface area contributed by atoms with Crippen molar-refractivity contribution in [3.05, 3.63) is 26.8 Å². The van der Waals surface area contributed by atoms with Gasteiger partial charge in [0.1, 0.15) is 5.57 Å². The van der Waals surface area contributed by atoms with Crippen molar-refractivity contribution in [1.29, 1.82) is 0 Å². The average Bonchev–Trinajstić information content (AvgIpc) is 2.56. The Labute approximate surface area is 159 Å². The lowest BCUT2D eigenvalue weighted by Gasteiger charge is -2.28. The molecule has 0 unspecified atom stereocenters. The summed E-state index contributed by atoms with van der Waals surface area (Å²) < 4.78 is 11.9. The van der Waals surface area contributed by atoms with Crippen LogP contribution in [-0.4, -0.2) is 55.0 Å². The number of imide groups is 2. The van der Waals surface area contributed by atoms with Crippen LogP contribution in [0.4, 0.5) is 4.79 Å². The molecule has 0 spiro atoms. The summed E-state index contributed by atoms with van der Waals surface area (Å²) in [6.45, 7) is 3.82. The third-order valence-electron chi connectivity index (χ3n) is 3.56. The highest BCUT2D eigenvalue weighted by atomic mass is 127. The van der Waals surface area contributed by atoms with Crippen LogP contribution in [0.15, 0.2) is 17.7 Å². The van der Waals surface area contributed by atoms with E-state index in [-0.39, 0.29) is 11.7 Å². The zero-order valence-corrected chi connectivity index (χ0v) is 16.8. The van der Waals surface area contributed by atoms with Gasteiger partial charge in [0.15, 0.2) is 11.5 Å². The molecule has 1 heterocycles. The van der Waals surface area contributed by atoms with Gasteiger partial charge in [-0.1, -0.05) is 0 Å². The van der Waals surface area contributed by atoms with Gasteiger partial charge in [-0.25, -0.2) is 4.79 Å². The topological polar surface area (TPSA) is 76.2 Å². The van der Waals surface area contributed by atoms with E-state index in [2.05, 4.69) is 22.6 Å². The fourth-order valence-electron chi connectivity index (χ4n) is 2.31. The summed E-state index contributed by atoms with van der Waals surface area (Å²) in [6.07, 6.45) is 1.43. The number of urea groups is 1. The zero-order chi connectivity index (χ0) is 18.9. The maximum absolute atomic E-state index is 12.3. The van der Waals surface area contributed by atoms with Crippen molar-refractivity contribution in [3.8, 4) is 11.5 Å². The van der Waals surface area contributed by atoms with Crippen molar-refractivity contribution in [1.82, 2.24) is 9.80 Å². The van der Waals surface area contributed by atoms with Crippen LogP contribution in [0.25, 0.3) is 6.08 Å². The first-order valence-electron chi connectivity index (χ1n) is 7.53. The highest BCUT2D eigenvalue weighted by Crippen LogP contribution is 2.35. The number of nitrogens with zero attached hydrogens (tertiary/aromatic N) is 2. The van der Waals surface area contributed by atoms with Gasteiger partial charge in [-0.3, -0.25) is 19.4 Å². The molecule has 4 amide bonds. The average molecular weight is 458 g/mol. The monoisotopic (exact) mass is 458 g/mol. The Kier molecular flexibility index (Phi) is 5.71. The minimum Gasteiger partial charge on any atom is -0.493 e. The van der Waals surface area contributed by atoms with Crippen LogP contribution < -0.4 is 9.47 Å². The summed E-state index contributed by atoms with van der Waals surface area (Å²) >= 11 is 2.11. The first kappa shape index (κ1) is 19.2. The predicted octanol–water partition coefficient (Wildman–Crippen LogP) is 2.52. The number of rotatable bonds is 4. The first-order valence-corrected chi connectivity index (χ1v) is 8.61. The van der Waals surface area contributed by atoms with E-state index in [4.69, 9.17) is 9.47 Å². The molecule has 1 aliphatic heterocycles. The number of benzene rings is 1. The lowest BCUT2D eigenvalue weighted by molar-refractivity contribution is -0.134. The minimum atomic E-state index is -0.653. The Balaban J connectivity index is 2.50. The molecule has 1 aliphatic rings. The summed E-state index contributed by atoms with van der Waals surface area (Å²) in [5, 5.41) is 0. The summed E-state index contributed by atoms with van der Waals surface area (Å²) in [5.41, 5.74) is 0.519. The molecule has 0 aromatic heterocycles. The molecule has 0 N–H and O–H groups in total. The fourth-order valence-corrected chi connectivity index (χ4v) is 3.07. The maximum atomic E-state index is 12.3. The van der Waals surface area contributed by atoms with Crippen molar-refractivity contribution in [2.24, 2.45) is 0 Å². The summed E-state index contributed by atoms with van der Waals surface area (Å²) in [6, 6.07) is 2.81. The smallest absolute Gasteiger partial charge is 0.333 e.